The summed E-state index contributed by atoms with van der Waals surface area (Å²) in [5.74, 6) is 0.886. The predicted octanol–water partition coefficient (Wildman–Crippen LogP) is 3.12. The van der Waals surface area contributed by atoms with Gasteiger partial charge in [0.15, 0.2) is 0 Å². The Balaban J connectivity index is 2.03. The molecule has 3 heteroatoms. The number of hydrogen-bond donors (Lipinski definition) is 0. The molecule has 1 heterocycles. The molecule has 2 rings (SSSR count). The van der Waals surface area contributed by atoms with Crippen molar-refractivity contribution in [2.75, 3.05) is 6.61 Å². The fourth-order valence-corrected chi connectivity index (χ4v) is 2.43. The molecule has 1 aromatic rings. The van der Waals surface area contributed by atoms with E-state index in [0.717, 1.165) is 29.7 Å². The van der Waals surface area contributed by atoms with E-state index in [2.05, 4.69) is 13.0 Å². The van der Waals surface area contributed by atoms with E-state index in [1.807, 2.05) is 26.0 Å². The number of rotatable bonds is 3. The van der Waals surface area contributed by atoms with Gasteiger partial charge in [0.2, 0.25) is 0 Å². The lowest BCUT2D eigenvalue weighted by atomic mass is 10.1. The topological polar surface area (TPSA) is 42.2 Å². The van der Waals surface area contributed by atoms with Crippen LogP contribution in [0.1, 0.15) is 36.5 Å². The fraction of sp³-hybridized carbons (Fsp3) is 0.533. The first-order chi connectivity index (χ1) is 8.60. The maximum Gasteiger partial charge on any atom is 0.125 e. The molecule has 96 valence electrons. The van der Waals surface area contributed by atoms with Crippen molar-refractivity contribution < 1.29 is 9.47 Å². The van der Waals surface area contributed by atoms with Crippen LogP contribution in [0.4, 0.5) is 0 Å². The second-order valence-electron chi connectivity index (χ2n) is 5.01. The highest BCUT2D eigenvalue weighted by Crippen LogP contribution is 2.26. The average molecular weight is 245 g/mol. The van der Waals surface area contributed by atoms with Crippen molar-refractivity contribution in [3.05, 3.63) is 28.8 Å². The van der Waals surface area contributed by atoms with E-state index in [1.54, 1.807) is 0 Å². The molecule has 1 aliphatic heterocycles. The van der Waals surface area contributed by atoms with Gasteiger partial charge < -0.3 is 9.47 Å². The smallest absolute Gasteiger partial charge is 0.125 e. The number of benzene rings is 1. The number of nitriles is 1. The van der Waals surface area contributed by atoms with Crippen LogP contribution in [0.25, 0.3) is 0 Å². The van der Waals surface area contributed by atoms with Crippen LogP contribution in [0.3, 0.4) is 0 Å². The van der Waals surface area contributed by atoms with Crippen LogP contribution in [0.2, 0.25) is 0 Å². The Morgan fingerprint density at radius 1 is 1.33 bits per heavy atom. The van der Waals surface area contributed by atoms with E-state index < -0.39 is 0 Å². The van der Waals surface area contributed by atoms with E-state index in [1.165, 1.54) is 0 Å². The van der Waals surface area contributed by atoms with Crippen molar-refractivity contribution in [3.63, 3.8) is 0 Å². The molecule has 3 nitrogen and oxygen atoms in total. The molecule has 0 spiro atoms. The Hall–Kier alpha value is -1.53. The molecular formula is C15H19NO2. The Bertz CT molecular complexity index is 453. The quantitative estimate of drug-likeness (QED) is 0.821. The first-order valence-corrected chi connectivity index (χ1v) is 6.39. The third-order valence-corrected chi connectivity index (χ3v) is 3.32. The van der Waals surface area contributed by atoms with E-state index in [0.29, 0.717) is 18.3 Å². The van der Waals surface area contributed by atoms with Gasteiger partial charge in [0.1, 0.15) is 12.4 Å². The van der Waals surface area contributed by atoms with Crippen LogP contribution in [0.5, 0.6) is 5.75 Å². The Labute approximate surface area is 108 Å². The van der Waals surface area contributed by atoms with Crippen molar-refractivity contribution >= 4 is 0 Å². The fourth-order valence-electron chi connectivity index (χ4n) is 2.43. The summed E-state index contributed by atoms with van der Waals surface area (Å²) in [5.41, 5.74) is 2.71. The molecule has 0 N–H and O–H groups in total. The maximum absolute atomic E-state index is 8.90. The molecule has 0 amide bonds. The second kappa shape index (κ2) is 5.41. The molecule has 0 bridgehead atoms. The third kappa shape index (κ3) is 2.83. The third-order valence-electron chi connectivity index (χ3n) is 3.32. The summed E-state index contributed by atoms with van der Waals surface area (Å²) in [6.45, 7) is 6.64. The molecular weight excluding hydrogens is 226 g/mol. The Kier molecular flexibility index (Phi) is 3.88. The monoisotopic (exact) mass is 245 g/mol. The summed E-state index contributed by atoms with van der Waals surface area (Å²) >= 11 is 0. The summed E-state index contributed by atoms with van der Waals surface area (Å²) in [4.78, 5) is 0. The molecule has 18 heavy (non-hydrogen) atoms. The normalized spacial score (nSPS) is 22.8. The minimum atomic E-state index is 0.203. The van der Waals surface area contributed by atoms with Gasteiger partial charge in [-0.2, -0.15) is 5.26 Å². The van der Waals surface area contributed by atoms with Crippen LogP contribution in [-0.2, 0) is 4.74 Å². The van der Waals surface area contributed by atoms with Gasteiger partial charge in [-0.25, -0.2) is 0 Å². The van der Waals surface area contributed by atoms with Crippen LogP contribution in [0, 0.1) is 25.2 Å². The molecule has 0 saturated carbocycles. The van der Waals surface area contributed by atoms with Crippen molar-refractivity contribution in [2.45, 2.75) is 45.8 Å². The SMILES string of the molecule is Cc1cc(C#N)cc(C)c1OCC1CCC(C)O1. The molecule has 0 aliphatic carbocycles. The summed E-state index contributed by atoms with van der Waals surface area (Å²) in [7, 11) is 0. The van der Waals surface area contributed by atoms with E-state index in [4.69, 9.17) is 14.7 Å². The maximum atomic E-state index is 8.90. The standard InChI is InChI=1S/C15H19NO2/c1-10-6-13(8-16)7-11(2)15(10)17-9-14-5-4-12(3)18-14/h6-7,12,14H,4-5,9H2,1-3H3. The summed E-state index contributed by atoms with van der Waals surface area (Å²) in [5, 5.41) is 8.90. The Morgan fingerprint density at radius 2 is 2.00 bits per heavy atom. The lowest BCUT2D eigenvalue weighted by Gasteiger charge is -2.16. The average Bonchev–Trinajstić information content (AvgIpc) is 2.73. The highest BCUT2D eigenvalue weighted by molar-refractivity contribution is 5.47. The first-order valence-electron chi connectivity index (χ1n) is 6.39. The molecule has 1 fully saturated rings. The zero-order valence-corrected chi connectivity index (χ0v) is 11.2. The highest BCUT2D eigenvalue weighted by atomic mass is 16.5. The van der Waals surface area contributed by atoms with E-state index in [-0.39, 0.29) is 6.10 Å². The van der Waals surface area contributed by atoms with Crippen molar-refractivity contribution in [2.24, 2.45) is 0 Å². The summed E-state index contributed by atoms with van der Waals surface area (Å²) < 4.78 is 11.6. The zero-order chi connectivity index (χ0) is 13.1. The van der Waals surface area contributed by atoms with Gasteiger partial charge in [-0.05, 0) is 56.9 Å². The molecule has 1 saturated heterocycles. The number of hydrogen-bond acceptors (Lipinski definition) is 3. The second-order valence-corrected chi connectivity index (χ2v) is 5.01. The van der Waals surface area contributed by atoms with Gasteiger partial charge in [0.25, 0.3) is 0 Å². The number of ether oxygens (including phenoxy) is 2. The zero-order valence-electron chi connectivity index (χ0n) is 11.2. The minimum Gasteiger partial charge on any atom is -0.490 e. The van der Waals surface area contributed by atoms with Crippen molar-refractivity contribution in [1.29, 1.82) is 5.26 Å². The van der Waals surface area contributed by atoms with E-state index in [9.17, 15) is 0 Å². The van der Waals surface area contributed by atoms with Gasteiger partial charge in [0.05, 0.1) is 23.8 Å². The van der Waals surface area contributed by atoms with Gasteiger partial charge >= 0.3 is 0 Å². The van der Waals surface area contributed by atoms with Crippen molar-refractivity contribution in [1.82, 2.24) is 0 Å². The van der Waals surface area contributed by atoms with Gasteiger partial charge in [-0.3, -0.25) is 0 Å². The number of nitrogens with zero attached hydrogens (tertiary/aromatic N) is 1. The van der Waals surface area contributed by atoms with Gasteiger partial charge in [-0.15, -0.1) is 0 Å². The molecule has 2 unspecified atom stereocenters. The molecule has 1 aliphatic rings. The van der Waals surface area contributed by atoms with Crippen LogP contribution < -0.4 is 4.74 Å². The largest absolute Gasteiger partial charge is 0.490 e. The van der Waals surface area contributed by atoms with Crippen LogP contribution in [-0.4, -0.2) is 18.8 Å². The molecule has 0 aromatic heterocycles. The minimum absolute atomic E-state index is 0.203. The summed E-state index contributed by atoms with van der Waals surface area (Å²) in [6, 6.07) is 5.88. The van der Waals surface area contributed by atoms with Gasteiger partial charge in [-0.1, -0.05) is 0 Å². The highest BCUT2D eigenvalue weighted by Gasteiger charge is 2.22. The molecule has 1 aromatic carbocycles. The van der Waals surface area contributed by atoms with Crippen molar-refractivity contribution in [3.8, 4) is 11.8 Å². The predicted molar refractivity (Wildman–Crippen MR) is 69.7 cm³/mol. The van der Waals surface area contributed by atoms with Gasteiger partial charge in [0, 0.05) is 0 Å². The lowest BCUT2D eigenvalue weighted by molar-refractivity contribution is 0.0262. The number of aryl methyl sites for hydroxylation is 2. The van der Waals surface area contributed by atoms with E-state index >= 15 is 0 Å². The van der Waals surface area contributed by atoms with Crippen LogP contribution in [0.15, 0.2) is 12.1 Å². The first kappa shape index (κ1) is 12.9. The van der Waals surface area contributed by atoms with Crippen LogP contribution >= 0.6 is 0 Å². The molecule has 0 radical (unpaired) electrons. The Morgan fingerprint density at radius 3 is 2.50 bits per heavy atom. The molecule has 2 atom stereocenters. The summed E-state index contributed by atoms with van der Waals surface area (Å²) in [6.07, 6.45) is 2.73. The lowest BCUT2D eigenvalue weighted by Crippen LogP contribution is -2.18.